The third-order valence-electron chi connectivity index (χ3n) is 9.32. The van der Waals surface area contributed by atoms with Gasteiger partial charge in [-0.15, -0.1) is 0 Å². The third-order valence-corrected chi connectivity index (χ3v) is 9.32. The van der Waals surface area contributed by atoms with E-state index in [1.807, 2.05) is 24.3 Å². The highest BCUT2D eigenvalue weighted by atomic mass is 15.0. The van der Waals surface area contributed by atoms with E-state index in [4.69, 9.17) is 15.0 Å². The van der Waals surface area contributed by atoms with Gasteiger partial charge >= 0.3 is 0 Å². The van der Waals surface area contributed by atoms with E-state index in [0.717, 1.165) is 44.5 Å². The van der Waals surface area contributed by atoms with Gasteiger partial charge in [-0.2, -0.15) is 0 Å². The van der Waals surface area contributed by atoms with Gasteiger partial charge in [-0.3, -0.25) is 0 Å². The fourth-order valence-electron chi connectivity index (χ4n) is 6.78. The average molecular weight is 638 g/mol. The second kappa shape index (κ2) is 12.7. The standard InChI is InChI=1S/C47H31N3/c1-3-12-32(13-4-1)35-22-26-37(27-23-35)46-48-45(36-16-5-2-6-17-36)49-47(50-46)43-21-11-20-42(40-28-24-33-14-7-9-18-38(33)30-40)44(43)41-29-25-34-15-8-10-19-39(34)31-41/h1-31H. The summed E-state index contributed by atoms with van der Waals surface area (Å²) in [6, 6.07) is 65.9. The Kier molecular flexibility index (Phi) is 7.49. The maximum Gasteiger partial charge on any atom is 0.164 e. The molecule has 1 heterocycles. The van der Waals surface area contributed by atoms with Gasteiger partial charge in [-0.1, -0.05) is 176 Å². The Balaban J connectivity index is 1.27. The zero-order chi connectivity index (χ0) is 33.3. The Bertz CT molecular complexity index is 2630. The quantitative estimate of drug-likeness (QED) is 0.182. The van der Waals surface area contributed by atoms with Gasteiger partial charge in [0.05, 0.1) is 0 Å². The van der Waals surface area contributed by atoms with Crippen LogP contribution in [-0.2, 0) is 0 Å². The summed E-state index contributed by atoms with van der Waals surface area (Å²) >= 11 is 0. The fraction of sp³-hybridized carbons (Fsp3) is 0. The first-order valence-electron chi connectivity index (χ1n) is 16.9. The van der Waals surface area contributed by atoms with Crippen molar-refractivity contribution < 1.29 is 0 Å². The average Bonchev–Trinajstić information content (AvgIpc) is 3.20. The number of benzene rings is 8. The molecular formula is C47H31N3. The van der Waals surface area contributed by atoms with Crippen molar-refractivity contribution in [2.75, 3.05) is 0 Å². The first kappa shape index (κ1) is 29.4. The molecule has 0 spiro atoms. The lowest BCUT2D eigenvalue weighted by Gasteiger charge is -2.17. The molecule has 3 heteroatoms. The zero-order valence-electron chi connectivity index (χ0n) is 27.2. The van der Waals surface area contributed by atoms with Crippen LogP contribution in [0, 0.1) is 0 Å². The van der Waals surface area contributed by atoms with Gasteiger partial charge in [0.15, 0.2) is 17.5 Å². The van der Waals surface area contributed by atoms with Crippen molar-refractivity contribution in [2.24, 2.45) is 0 Å². The second-order valence-corrected chi connectivity index (χ2v) is 12.5. The summed E-state index contributed by atoms with van der Waals surface area (Å²) in [5.41, 5.74) is 9.61. The van der Waals surface area contributed by atoms with Crippen molar-refractivity contribution in [2.45, 2.75) is 0 Å². The van der Waals surface area contributed by atoms with Gasteiger partial charge in [0.25, 0.3) is 0 Å². The SMILES string of the molecule is c1ccc(-c2ccc(-c3nc(-c4ccccc4)nc(-c4cccc(-c5ccc6ccccc6c5)c4-c4ccc5ccccc5c4)n3)cc2)cc1. The van der Waals surface area contributed by atoms with Gasteiger partial charge in [-0.25, -0.2) is 15.0 Å². The summed E-state index contributed by atoms with van der Waals surface area (Å²) in [6.45, 7) is 0. The summed E-state index contributed by atoms with van der Waals surface area (Å²) < 4.78 is 0. The van der Waals surface area contributed by atoms with E-state index in [9.17, 15) is 0 Å². The largest absolute Gasteiger partial charge is 0.208 e. The van der Waals surface area contributed by atoms with E-state index >= 15 is 0 Å². The van der Waals surface area contributed by atoms with Crippen molar-refractivity contribution in [3.8, 4) is 67.5 Å². The van der Waals surface area contributed by atoms with E-state index < -0.39 is 0 Å². The lowest BCUT2D eigenvalue weighted by molar-refractivity contribution is 1.07. The highest BCUT2D eigenvalue weighted by Crippen LogP contribution is 2.41. The van der Waals surface area contributed by atoms with E-state index in [1.165, 1.54) is 27.1 Å². The number of rotatable bonds is 6. The van der Waals surface area contributed by atoms with Crippen molar-refractivity contribution in [1.82, 2.24) is 15.0 Å². The second-order valence-electron chi connectivity index (χ2n) is 12.5. The van der Waals surface area contributed by atoms with Crippen molar-refractivity contribution >= 4 is 21.5 Å². The summed E-state index contributed by atoms with van der Waals surface area (Å²) in [4.78, 5) is 15.4. The molecule has 0 saturated heterocycles. The van der Waals surface area contributed by atoms with Gasteiger partial charge in [0, 0.05) is 22.3 Å². The highest BCUT2D eigenvalue weighted by molar-refractivity contribution is 5.99. The highest BCUT2D eigenvalue weighted by Gasteiger charge is 2.19. The number of nitrogens with zero attached hydrogens (tertiary/aromatic N) is 3. The molecule has 0 fully saturated rings. The molecule has 234 valence electrons. The normalized spacial score (nSPS) is 11.2. The molecule has 0 bridgehead atoms. The molecule has 0 saturated carbocycles. The minimum atomic E-state index is 0.631. The number of fused-ring (bicyclic) bond motifs is 2. The van der Waals surface area contributed by atoms with Gasteiger partial charge in [0.1, 0.15) is 0 Å². The first-order valence-corrected chi connectivity index (χ1v) is 16.9. The Morgan fingerprint density at radius 2 is 0.660 bits per heavy atom. The van der Waals surface area contributed by atoms with Gasteiger partial charge in [0.2, 0.25) is 0 Å². The Labute approximate surface area is 291 Å². The van der Waals surface area contributed by atoms with E-state index in [-0.39, 0.29) is 0 Å². The van der Waals surface area contributed by atoms with Crippen molar-refractivity contribution in [1.29, 1.82) is 0 Å². The lowest BCUT2D eigenvalue weighted by atomic mass is 9.88. The molecule has 50 heavy (non-hydrogen) atoms. The van der Waals surface area contributed by atoms with Crippen LogP contribution in [0.15, 0.2) is 188 Å². The molecule has 0 aliphatic rings. The molecule has 3 nitrogen and oxygen atoms in total. The summed E-state index contributed by atoms with van der Waals surface area (Å²) in [6.07, 6.45) is 0. The maximum absolute atomic E-state index is 5.21. The molecule has 0 N–H and O–H groups in total. The monoisotopic (exact) mass is 637 g/mol. The van der Waals surface area contributed by atoms with Crippen molar-refractivity contribution in [3.05, 3.63) is 188 Å². The Hall–Kier alpha value is -6.71. The minimum absolute atomic E-state index is 0.631. The van der Waals surface area contributed by atoms with E-state index in [2.05, 4.69) is 164 Å². The molecule has 0 atom stereocenters. The summed E-state index contributed by atoms with van der Waals surface area (Å²) in [5, 5.41) is 4.80. The molecule has 1 aromatic heterocycles. The zero-order valence-corrected chi connectivity index (χ0v) is 27.2. The summed E-state index contributed by atoms with van der Waals surface area (Å²) in [5.74, 6) is 1.90. The van der Waals surface area contributed by atoms with Crippen LogP contribution in [0.2, 0.25) is 0 Å². The maximum atomic E-state index is 5.21. The fourth-order valence-corrected chi connectivity index (χ4v) is 6.78. The van der Waals surface area contributed by atoms with Crippen LogP contribution in [0.3, 0.4) is 0 Å². The first-order chi connectivity index (χ1) is 24.8. The van der Waals surface area contributed by atoms with E-state index in [0.29, 0.717) is 17.5 Å². The van der Waals surface area contributed by atoms with Crippen LogP contribution in [0.25, 0.3) is 89.1 Å². The molecule has 0 unspecified atom stereocenters. The van der Waals surface area contributed by atoms with Crippen LogP contribution in [-0.4, -0.2) is 15.0 Å². The van der Waals surface area contributed by atoms with Gasteiger partial charge < -0.3 is 0 Å². The predicted octanol–water partition coefficient (Wildman–Crippen LogP) is 12.2. The van der Waals surface area contributed by atoms with Crippen LogP contribution in [0.4, 0.5) is 0 Å². The molecule has 0 amide bonds. The molecule has 0 radical (unpaired) electrons. The summed E-state index contributed by atoms with van der Waals surface area (Å²) in [7, 11) is 0. The van der Waals surface area contributed by atoms with Crippen LogP contribution in [0.1, 0.15) is 0 Å². The Morgan fingerprint density at radius 3 is 1.30 bits per heavy atom. The Morgan fingerprint density at radius 1 is 0.240 bits per heavy atom. The van der Waals surface area contributed by atoms with Crippen LogP contribution in [0.5, 0.6) is 0 Å². The molecule has 0 aliphatic heterocycles. The number of aromatic nitrogens is 3. The van der Waals surface area contributed by atoms with E-state index in [1.54, 1.807) is 0 Å². The molecule has 9 aromatic rings. The molecular weight excluding hydrogens is 607 g/mol. The molecule has 9 rings (SSSR count). The third kappa shape index (κ3) is 5.61. The topological polar surface area (TPSA) is 38.7 Å². The van der Waals surface area contributed by atoms with Crippen molar-refractivity contribution in [3.63, 3.8) is 0 Å². The number of hydrogen-bond acceptors (Lipinski definition) is 3. The smallest absolute Gasteiger partial charge is 0.164 e. The minimum Gasteiger partial charge on any atom is -0.208 e. The number of hydrogen-bond donors (Lipinski definition) is 0. The van der Waals surface area contributed by atoms with Crippen LogP contribution < -0.4 is 0 Å². The van der Waals surface area contributed by atoms with Crippen LogP contribution >= 0.6 is 0 Å². The predicted molar refractivity (Wildman–Crippen MR) is 207 cm³/mol. The lowest BCUT2D eigenvalue weighted by Crippen LogP contribution is -2.02. The van der Waals surface area contributed by atoms with Gasteiger partial charge in [-0.05, 0) is 61.5 Å². The molecule has 8 aromatic carbocycles. The molecule has 0 aliphatic carbocycles.